The van der Waals surface area contributed by atoms with Crippen LogP contribution in [0.25, 0.3) is 0 Å². The second kappa shape index (κ2) is 10.5. The maximum absolute atomic E-state index is 12.9. The zero-order valence-electron chi connectivity index (χ0n) is 17.4. The fraction of sp³-hybridized carbons (Fsp3) is 0.455. The van der Waals surface area contributed by atoms with E-state index in [2.05, 4.69) is 0 Å². The van der Waals surface area contributed by atoms with E-state index in [4.69, 9.17) is 18.0 Å². The number of hydrogen-bond donors (Lipinski definition) is 0. The van der Waals surface area contributed by atoms with E-state index in [9.17, 15) is 4.21 Å². The molecule has 2 aromatic rings. The molecule has 1 atom stereocenters. The monoisotopic (exact) mass is 434 g/mol. The highest BCUT2D eigenvalue weighted by molar-refractivity contribution is 7.85. The molecule has 0 amide bonds. The van der Waals surface area contributed by atoms with Crippen molar-refractivity contribution in [3.63, 3.8) is 0 Å². The van der Waals surface area contributed by atoms with Gasteiger partial charge in [-0.2, -0.15) is 0 Å². The summed E-state index contributed by atoms with van der Waals surface area (Å²) in [4.78, 5) is 1.75. The minimum atomic E-state index is -2.65. The van der Waals surface area contributed by atoms with Gasteiger partial charge in [-0.05, 0) is 51.0 Å². The van der Waals surface area contributed by atoms with Crippen LogP contribution >= 0.6 is 0 Å². The molecule has 1 aliphatic rings. The lowest BCUT2D eigenvalue weighted by molar-refractivity contribution is 0.0696. The highest BCUT2D eigenvalue weighted by atomic mass is 32.2. The summed E-state index contributed by atoms with van der Waals surface area (Å²) in [5.74, 6) is 0.807. The molecule has 1 aliphatic heterocycles. The number of hydrogen-bond acceptors (Lipinski definition) is 5. The first-order chi connectivity index (χ1) is 14.1. The standard InChI is InChI=1S/C22H30O5SSi/c1-4-25-29(26-5-2,27-6-3)16-10-15-24-20-12-9-14-22-19(20)17-18-11-7-8-13-21(18)28(22)23/h7-9,11-14H,4-6,10,15-17H2,1-3H3. The van der Waals surface area contributed by atoms with E-state index in [0.29, 0.717) is 32.5 Å². The largest absolute Gasteiger partial charge is 0.501 e. The lowest BCUT2D eigenvalue weighted by Crippen LogP contribution is -2.46. The summed E-state index contributed by atoms with van der Waals surface area (Å²) < 4.78 is 36.8. The van der Waals surface area contributed by atoms with Gasteiger partial charge >= 0.3 is 8.80 Å². The van der Waals surface area contributed by atoms with E-state index in [0.717, 1.165) is 39.5 Å². The van der Waals surface area contributed by atoms with Crippen LogP contribution in [0.1, 0.15) is 38.3 Å². The Morgan fingerprint density at radius 1 is 0.897 bits per heavy atom. The van der Waals surface area contributed by atoms with Gasteiger partial charge in [0.05, 0.1) is 22.3 Å². The maximum atomic E-state index is 12.9. The zero-order chi connectivity index (χ0) is 20.7. The normalized spacial score (nSPS) is 15.6. The summed E-state index contributed by atoms with van der Waals surface area (Å²) in [6, 6.07) is 14.4. The van der Waals surface area contributed by atoms with Crippen molar-refractivity contribution in [3.05, 3.63) is 53.6 Å². The van der Waals surface area contributed by atoms with E-state index in [1.807, 2.05) is 63.2 Å². The average Bonchev–Trinajstić information content (AvgIpc) is 2.72. The second-order valence-corrected chi connectivity index (χ2v) is 10.9. The number of fused-ring (bicyclic) bond motifs is 2. The van der Waals surface area contributed by atoms with E-state index in [-0.39, 0.29) is 0 Å². The quantitative estimate of drug-likeness (QED) is 0.327. The molecule has 0 bridgehead atoms. The van der Waals surface area contributed by atoms with E-state index in [1.165, 1.54) is 0 Å². The molecule has 0 radical (unpaired) electrons. The predicted octanol–water partition coefficient (Wildman–Crippen LogP) is 4.57. The lowest BCUT2D eigenvalue weighted by Gasteiger charge is -2.28. The molecular formula is C22H30O5SSi. The molecule has 3 rings (SSSR count). The molecule has 0 N–H and O–H groups in total. The van der Waals surface area contributed by atoms with Crippen molar-refractivity contribution in [2.24, 2.45) is 0 Å². The van der Waals surface area contributed by atoms with E-state index >= 15 is 0 Å². The SMILES string of the molecule is CCO[Si](CCCOc1cccc2c1Cc1ccccc1S2=O)(OCC)OCC. The van der Waals surface area contributed by atoms with Crippen molar-refractivity contribution < 1.29 is 22.2 Å². The Morgan fingerprint density at radius 2 is 1.55 bits per heavy atom. The lowest BCUT2D eigenvalue weighted by atomic mass is 10.0. The van der Waals surface area contributed by atoms with Gasteiger partial charge in [0.2, 0.25) is 0 Å². The van der Waals surface area contributed by atoms with Crippen molar-refractivity contribution in [2.45, 2.75) is 49.4 Å². The summed E-state index contributed by atoms with van der Waals surface area (Å²) >= 11 is 0. The van der Waals surface area contributed by atoms with Gasteiger partial charge in [-0.3, -0.25) is 0 Å². The summed E-state index contributed by atoms with van der Waals surface area (Å²) in [7, 11) is -3.81. The van der Waals surface area contributed by atoms with E-state index in [1.54, 1.807) is 0 Å². The first-order valence-electron chi connectivity index (χ1n) is 10.3. The molecular weight excluding hydrogens is 404 g/mol. The van der Waals surface area contributed by atoms with Crippen LogP contribution in [0.3, 0.4) is 0 Å². The molecule has 2 aromatic carbocycles. The molecule has 0 aromatic heterocycles. The first-order valence-corrected chi connectivity index (χ1v) is 13.4. The molecule has 0 saturated heterocycles. The molecule has 0 fully saturated rings. The van der Waals surface area contributed by atoms with Crippen LogP contribution in [0.15, 0.2) is 52.3 Å². The molecule has 0 saturated carbocycles. The topological polar surface area (TPSA) is 54.0 Å². The minimum Gasteiger partial charge on any atom is -0.493 e. The smallest absolute Gasteiger partial charge is 0.493 e. The van der Waals surface area contributed by atoms with Crippen LogP contribution in [0.5, 0.6) is 5.75 Å². The zero-order valence-corrected chi connectivity index (χ0v) is 19.3. The van der Waals surface area contributed by atoms with Crippen molar-refractivity contribution in [1.82, 2.24) is 0 Å². The third kappa shape index (κ3) is 5.16. The van der Waals surface area contributed by atoms with Gasteiger partial charge in [0.1, 0.15) is 5.75 Å². The van der Waals surface area contributed by atoms with Crippen LogP contribution in [-0.2, 0) is 30.5 Å². The molecule has 0 aliphatic carbocycles. The fourth-order valence-electron chi connectivity index (χ4n) is 3.64. The fourth-order valence-corrected chi connectivity index (χ4v) is 7.64. The molecule has 0 spiro atoms. The average molecular weight is 435 g/mol. The Morgan fingerprint density at radius 3 is 2.24 bits per heavy atom. The van der Waals surface area contributed by atoms with Gasteiger partial charge in [0.15, 0.2) is 0 Å². The second-order valence-electron chi connectivity index (χ2n) is 6.72. The van der Waals surface area contributed by atoms with Crippen LogP contribution in [-0.4, -0.2) is 39.4 Å². The molecule has 5 nitrogen and oxygen atoms in total. The summed E-state index contributed by atoms with van der Waals surface area (Å²) in [5, 5.41) is 0. The van der Waals surface area contributed by atoms with Crippen LogP contribution in [0.4, 0.5) is 0 Å². The Labute approximate surface area is 177 Å². The van der Waals surface area contributed by atoms with Crippen molar-refractivity contribution in [2.75, 3.05) is 26.4 Å². The molecule has 1 heterocycles. The van der Waals surface area contributed by atoms with Gasteiger partial charge in [-0.25, -0.2) is 4.21 Å². The van der Waals surface area contributed by atoms with E-state index < -0.39 is 19.6 Å². The molecule has 1 unspecified atom stereocenters. The summed E-state index contributed by atoms with van der Waals surface area (Å²) in [6.45, 7) is 8.14. The summed E-state index contributed by atoms with van der Waals surface area (Å²) in [6.07, 6.45) is 1.51. The van der Waals surface area contributed by atoms with Crippen molar-refractivity contribution in [3.8, 4) is 5.75 Å². The minimum absolute atomic E-state index is 0.534. The summed E-state index contributed by atoms with van der Waals surface area (Å²) in [5.41, 5.74) is 2.12. The number of benzene rings is 2. The van der Waals surface area contributed by atoms with Crippen molar-refractivity contribution in [1.29, 1.82) is 0 Å². The third-order valence-corrected chi connectivity index (χ3v) is 9.54. The first kappa shape index (κ1) is 22.2. The predicted molar refractivity (Wildman–Crippen MR) is 116 cm³/mol. The van der Waals surface area contributed by atoms with Gasteiger partial charge in [-0.15, -0.1) is 0 Å². The highest BCUT2D eigenvalue weighted by Crippen LogP contribution is 2.36. The van der Waals surface area contributed by atoms with Gasteiger partial charge < -0.3 is 18.0 Å². The number of rotatable bonds is 11. The maximum Gasteiger partial charge on any atom is 0.501 e. The molecule has 158 valence electrons. The molecule has 7 heteroatoms. The number of ether oxygens (including phenoxy) is 1. The highest BCUT2D eigenvalue weighted by Gasteiger charge is 2.39. The molecule has 29 heavy (non-hydrogen) atoms. The van der Waals surface area contributed by atoms with Gasteiger partial charge in [0.25, 0.3) is 0 Å². The Kier molecular flexibility index (Phi) is 8.03. The Bertz CT molecular complexity index is 825. The Hall–Kier alpha value is -1.51. The third-order valence-electron chi connectivity index (χ3n) is 4.81. The van der Waals surface area contributed by atoms with Gasteiger partial charge in [0, 0.05) is 42.7 Å². The van der Waals surface area contributed by atoms with Crippen molar-refractivity contribution >= 4 is 19.6 Å². The van der Waals surface area contributed by atoms with Crippen LogP contribution < -0.4 is 4.74 Å². The Balaban J connectivity index is 1.67. The van der Waals surface area contributed by atoms with Crippen LogP contribution in [0, 0.1) is 0 Å². The van der Waals surface area contributed by atoms with Crippen LogP contribution in [0.2, 0.25) is 6.04 Å². The van der Waals surface area contributed by atoms with Gasteiger partial charge in [-0.1, -0.05) is 24.3 Å².